The zero-order valence-electron chi connectivity index (χ0n) is 13.4. The van der Waals surface area contributed by atoms with Crippen LogP contribution in [-0.2, 0) is 10.3 Å². The highest BCUT2D eigenvalue weighted by Crippen LogP contribution is 2.30. The molecule has 3 aromatic carbocycles. The minimum absolute atomic E-state index is 0.403. The predicted molar refractivity (Wildman–Crippen MR) is 95.2 cm³/mol. The average Bonchev–Trinajstić information content (AvgIpc) is 2.67. The van der Waals surface area contributed by atoms with Gasteiger partial charge in [-0.15, -0.1) is 0 Å². The van der Waals surface area contributed by atoms with Gasteiger partial charge in [0.2, 0.25) is 0 Å². The van der Waals surface area contributed by atoms with E-state index < -0.39 is 17.4 Å². The molecule has 0 heterocycles. The lowest BCUT2D eigenvalue weighted by Gasteiger charge is -2.31. The Morgan fingerprint density at radius 1 is 0.680 bits per heavy atom. The second-order valence-electron chi connectivity index (χ2n) is 5.61. The molecule has 0 aromatic heterocycles. The Hall–Kier alpha value is -3.40. The summed E-state index contributed by atoms with van der Waals surface area (Å²) in [7, 11) is 0. The molecule has 0 fully saturated rings. The molecule has 25 heavy (non-hydrogen) atoms. The van der Waals surface area contributed by atoms with E-state index in [0.717, 1.165) is 0 Å². The van der Waals surface area contributed by atoms with E-state index in [1.54, 1.807) is 91.0 Å². The van der Waals surface area contributed by atoms with Crippen LogP contribution in [0.1, 0.15) is 21.5 Å². The van der Waals surface area contributed by atoms with Crippen molar-refractivity contribution in [2.24, 2.45) is 0 Å². The highest BCUT2D eigenvalue weighted by molar-refractivity contribution is 5.99. The molecule has 0 aliphatic rings. The van der Waals surface area contributed by atoms with Crippen molar-refractivity contribution in [1.82, 2.24) is 5.32 Å². The van der Waals surface area contributed by atoms with E-state index in [1.165, 1.54) is 0 Å². The molecule has 0 aliphatic heterocycles. The minimum atomic E-state index is -1.67. The van der Waals surface area contributed by atoms with Gasteiger partial charge >= 0.3 is 5.97 Å². The maximum atomic E-state index is 12.7. The largest absolute Gasteiger partial charge is 0.479 e. The van der Waals surface area contributed by atoms with Crippen LogP contribution in [0.5, 0.6) is 0 Å². The Morgan fingerprint density at radius 2 is 1.08 bits per heavy atom. The lowest BCUT2D eigenvalue weighted by atomic mass is 9.82. The van der Waals surface area contributed by atoms with Gasteiger partial charge in [0.25, 0.3) is 5.91 Å². The first-order valence-corrected chi connectivity index (χ1v) is 7.86. The van der Waals surface area contributed by atoms with Crippen molar-refractivity contribution < 1.29 is 14.7 Å². The average molecular weight is 331 g/mol. The van der Waals surface area contributed by atoms with Crippen LogP contribution in [0, 0.1) is 0 Å². The van der Waals surface area contributed by atoms with Gasteiger partial charge in [-0.1, -0.05) is 78.9 Å². The van der Waals surface area contributed by atoms with Gasteiger partial charge in [-0.05, 0) is 23.3 Å². The first-order chi connectivity index (χ1) is 12.1. The normalized spacial score (nSPS) is 10.9. The van der Waals surface area contributed by atoms with Crippen LogP contribution in [0.3, 0.4) is 0 Å². The quantitative estimate of drug-likeness (QED) is 0.752. The minimum Gasteiger partial charge on any atom is -0.479 e. The highest BCUT2D eigenvalue weighted by atomic mass is 16.4. The number of nitrogens with one attached hydrogen (secondary N) is 1. The fourth-order valence-electron chi connectivity index (χ4n) is 2.82. The standard InChI is InChI=1S/C21H17NO3/c23-19(16-10-4-1-5-11-16)22-21(20(24)25,17-12-6-2-7-13-17)18-14-8-3-9-15-18/h1-15H,(H,22,23)(H,24,25). The van der Waals surface area contributed by atoms with Crippen molar-refractivity contribution in [3.8, 4) is 0 Å². The van der Waals surface area contributed by atoms with Gasteiger partial charge in [-0.3, -0.25) is 4.79 Å². The monoisotopic (exact) mass is 331 g/mol. The number of carbonyl (C=O) groups excluding carboxylic acids is 1. The van der Waals surface area contributed by atoms with Crippen molar-refractivity contribution in [2.75, 3.05) is 0 Å². The van der Waals surface area contributed by atoms with Crippen molar-refractivity contribution in [3.05, 3.63) is 108 Å². The van der Waals surface area contributed by atoms with E-state index >= 15 is 0 Å². The molecular formula is C21H17NO3. The second kappa shape index (κ2) is 7.01. The molecular weight excluding hydrogens is 314 g/mol. The summed E-state index contributed by atoms with van der Waals surface area (Å²) in [5.41, 5.74) is -0.300. The molecule has 0 spiro atoms. The number of rotatable bonds is 5. The molecule has 2 N–H and O–H groups in total. The number of carbonyl (C=O) groups is 2. The van der Waals surface area contributed by atoms with Crippen molar-refractivity contribution >= 4 is 11.9 Å². The molecule has 124 valence electrons. The summed E-state index contributed by atoms with van der Waals surface area (Å²) in [5, 5.41) is 12.9. The molecule has 1 amide bonds. The van der Waals surface area contributed by atoms with Gasteiger partial charge in [0.15, 0.2) is 5.54 Å². The Kier molecular flexibility index (Phi) is 4.61. The summed E-state index contributed by atoms with van der Waals surface area (Å²) in [5.74, 6) is -1.59. The molecule has 4 nitrogen and oxygen atoms in total. The molecule has 0 atom stereocenters. The number of hydrogen-bond donors (Lipinski definition) is 2. The van der Waals surface area contributed by atoms with E-state index in [9.17, 15) is 14.7 Å². The molecule has 0 saturated carbocycles. The summed E-state index contributed by atoms with van der Waals surface area (Å²) < 4.78 is 0. The van der Waals surface area contributed by atoms with Gasteiger partial charge in [0, 0.05) is 5.56 Å². The van der Waals surface area contributed by atoms with Crippen molar-refractivity contribution in [3.63, 3.8) is 0 Å². The van der Waals surface area contributed by atoms with Gasteiger partial charge in [0.05, 0.1) is 0 Å². The van der Waals surface area contributed by atoms with E-state index in [0.29, 0.717) is 16.7 Å². The first-order valence-electron chi connectivity index (χ1n) is 7.86. The van der Waals surface area contributed by atoms with Crippen molar-refractivity contribution in [2.45, 2.75) is 5.54 Å². The molecule has 0 bridgehead atoms. The Bertz CT molecular complexity index is 822. The maximum Gasteiger partial charge on any atom is 0.338 e. The Morgan fingerprint density at radius 3 is 1.48 bits per heavy atom. The molecule has 0 aliphatic carbocycles. The molecule has 0 radical (unpaired) electrons. The fraction of sp³-hybridized carbons (Fsp3) is 0.0476. The Labute approximate surface area is 145 Å². The van der Waals surface area contributed by atoms with E-state index in [4.69, 9.17) is 0 Å². The SMILES string of the molecule is O=C(NC(C(=O)O)(c1ccccc1)c1ccccc1)c1ccccc1. The number of aliphatic carboxylic acids is 1. The zero-order chi connectivity index (χ0) is 17.7. The third-order valence-electron chi connectivity index (χ3n) is 4.07. The van der Waals surface area contributed by atoms with Crippen LogP contribution in [0.2, 0.25) is 0 Å². The number of carboxylic acids is 1. The Balaban J connectivity index is 2.15. The van der Waals surface area contributed by atoms with E-state index in [1.807, 2.05) is 0 Å². The van der Waals surface area contributed by atoms with Crippen LogP contribution >= 0.6 is 0 Å². The summed E-state index contributed by atoms with van der Waals surface area (Å²) in [4.78, 5) is 25.1. The lowest BCUT2D eigenvalue weighted by Crippen LogP contribution is -2.52. The zero-order valence-corrected chi connectivity index (χ0v) is 13.4. The molecule has 0 saturated heterocycles. The second-order valence-corrected chi connectivity index (χ2v) is 5.61. The number of hydrogen-bond acceptors (Lipinski definition) is 2. The topological polar surface area (TPSA) is 66.4 Å². The van der Waals surface area contributed by atoms with Crippen LogP contribution in [0.4, 0.5) is 0 Å². The van der Waals surface area contributed by atoms with Crippen LogP contribution < -0.4 is 5.32 Å². The maximum absolute atomic E-state index is 12.7. The summed E-state index contributed by atoms with van der Waals surface area (Å²) in [6.07, 6.45) is 0. The highest BCUT2D eigenvalue weighted by Gasteiger charge is 2.43. The van der Waals surface area contributed by atoms with Crippen LogP contribution in [0.25, 0.3) is 0 Å². The summed E-state index contributed by atoms with van der Waals surface area (Å²) in [6.45, 7) is 0. The molecule has 3 aromatic rings. The molecule has 0 unspecified atom stereocenters. The van der Waals surface area contributed by atoms with Crippen LogP contribution in [0.15, 0.2) is 91.0 Å². The van der Waals surface area contributed by atoms with Gasteiger partial charge < -0.3 is 10.4 Å². The number of benzene rings is 3. The predicted octanol–water partition coefficient (Wildman–Crippen LogP) is 3.44. The smallest absolute Gasteiger partial charge is 0.338 e. The van der Waals surface area contributed by atoms with E-state index in [2.05, 4.69) is 5.32 Å². The van der Waals surface area contributed by atoms with E-state index in [-0.39, 0.29) is 0 Å². The first kappa shape index (κ1) is 16.5. The molecule has 4 heteroatoms. The van der Waals surface area contributed by atoms with Gasteiger partial charge in [-0.2, -0.15) is 0 Å². The third kappa shape index (κ3) is 3.15. The number of amides is 1. The number of carboxylic acid groups (broad SMARTS) is 1. The lowest BCUT2D eigenvalue weighted by molar-refractivity contribution is -0.143. The summed E-state index contributed by atoms with van der Waals surface area (Å²) in [6, 6.07) is 26.0. The van der Waals surface area contributed by atoms with Crippen molar-refractivity contribution in [1.29, 1.82) is 0 Å². The van der Waals surface area contributed by atoms with Crippen LogP contribution in [-0.4, -0.2) is 17.0 Å². The summed E-state index contributed by atoms with van der Waals surface area (Å²) >= 11 is 0. The molecule has 3 rings (SSSR count). The fourth-order valence-corrected chi connectivity index (χ4v) is 2.82. The van der Waals surface area contributed by atoms with Gasteiger partial charge in [0.1, 0.15) is 0 Å². The van der Waals surface area contributed by atoms with Gasteiger partial charge in [-0.25, -0.2) is 4.79 Å². The third-order valence-corrected chi connectivity index (χ3v) is 4.07.